The standard InChI is InChI=1S/C17H21NO3S/c1-10(17(20)18-21)11-6-7-14-15(8-11)22-9-12-4-2-3-5-13(12)16(14)19/h6-8,10,12-13,21H,2-5,9H2,1H3,(H,18,20). The van der Waals surface area contributed by atoms with Crippen molar-refractivity contribution in [2.45, 2.75) is 43.4 Å². The van der Waals surface area contributed by atoms with Gasteiger partial charge in [0.1, 0.15) is 0 Å². The number of nitrogens with one attached hydrogen (secondary N) is 1. The Hall–Kier alpha value is -1.33. The van der Waals surface area contributed by atoms with Crippen molar-refractivity contribution in [1.29, 1.82) is 0 Å². The van der Waals surface area contributed by atoms with E-state index in [-0.39, 0.29) is 11.7 Å². The van der Waals surface area contributed by atoms with Crippen LogP contribution >= 0.6 is 11.8 Å². The lowest BCUT2D eigenvalue weighted by Crippen LogP contribution is -2.27. The van der Waals surface area contributed by atoms with Gasteiger partial charge in [0.25, 0.3) is 5.91 Å². The third kappa shape index (κ3) is 2.79. The van der Waals surface area contributed by atoms with E-state index >= 15 is 0 Å². The zero-order valence-electron chi connectivity index (χ0n) is 12.7. The van der Waals surface area contributed by atoms with Gasteiger partial charge in [-0.25, -0.2) is 5.48 Å². The van der Waals surface area contributed by atoms with E-state index in [9.17, 15) is 9.59 Å². The van der Waals surface area contributed by atoms with Gasteiger partial charge in [-0.2, -0.15) is 0 Å². The summed E-state index contributed by atoms with van der Waals surface area (Å²) in [5.41, 5.74) is 3.33. The molecule has 1 aliphatic carbocycles. The van der Waals surface area contributed by atoms with Crippen LogP contribution in [-0.2, 0) is 4.79 Å². The Bertz CT molecular complexity index is 602. The minimum absolute atomic E-state index is 0.173. The number of carbonyl (C=O) groups is 2. The van der Waals surface area contributed by atoms with Crippen LogP contribution in [0.4, 0.5) is 0 Å². The smallest absolute Gasteiger partial charge is 0.250 e. The fourth-order valence-corrected chi connectivity index (χ4v) is 4.86. The molecular formula is C17H21NO3S. The minimum atomic E-state index is -0.434. The minimum Gasteiger partial charge on any atom is -0.294 e. The van der Waals surface area contributed by atoms with Gasteiger partial charge in [0.15, 0.2) is 5.78 Å². The Morgan fingerprint density at radius 1 is 1.36 bits per heavy atom. The Morgan fingerprint density at radius 2 is 2.14 bits per heavy atom. The Kier molecular flexibility index (Phi) is 4.54. The maximum absolute atomic E-state index is 12.8. The average Bonchev–Trinajstić information content (AvgIpc) is 2.71. The second-order valence-electron chi connectivity index (χ2n) is 6.28. The number of thioether (sulfide) groups is 1. The zero-order chi connectivity index (χ0) is 15.7. The van der Waals surface area contributed by atoms with Crippen molar-refractivity contribution in [3.8, 4) is 0 Å². The largest absolute Gasteiger partial charge is 0.294 e. The summed E-state index contributed by atoms with van der Waals surface area (Å²) in [6.45, 7) is 1.75. The molecule has 3 rings (SSSR count). The van der Waals surface area contributed by atoms with E-state index in [1.54, 1.807) is 24.2 Å². The molecular weight excluding hydrogens is 298 g/mol. The lowest BCUT2D eigenvalue weighted by Gasteiger charge is -2.28. The van der Waals surface area contributed by atoms with Gasteiger partial charge in [-0.05, 0) is 43.4 Å². The van der Waals surface area contributed by atoms with Crippen molar-refractivity contribution in [3.05, 3.63) is 29.3 Å². The highest BCUT2D eigenvalue weighted by atomic mass is 32.2. The molecule has 1 heterocycles. The van der Waals surface area contributed by atoms with Gasteiger partial charge >= 0.3 is 0 Å². The molecule has 22 heavy (non-hydrogen) atoms. The van der Waals surface area contributed by atoms with E-state index in [2.05, 4.69) is 0 Å². The summed E-state index contributed by atoms with van der Waals surface area (Å²) in [6.07, 6.45) is 4.53. The molecule has 1 fully saturated rings. The van der Waals surface area contributed by atoms with E-state index < -0.39 is 11.8 Å². The van der Waals surface area contributed by atoms with Crippen LogP contribution in [0.1, 0.15) is 54.4 Å². The molecule has 118 valence electrons. The number of hydroxylamine groups is 1. The second kappa shape index (κ2) is 6.42. The fourth-order valence-electron chi connectivity index (χ4n) is 3.53. The summed E-state index contributed by atoms with van der Waals surface area (Å²) in [6, 6.07) is 5.63. The highest BCUT2D eigenvalue weighted by molar-refractivity contribution is 7.99. The Morgan fingerprint density at radius 3 is 2.91 bits per heavy atom. The summed E-state index contributed by atoms with van der Waals surface area (Å²) in [5, 5.41) is 8.77. The molecule has 5 heteroatoms. The number of ketones is 1. The summed E-state index contributed by atoms with van der Waals surface area (Å²) in [7, 11) is 0. The molecule has 1 saturated carbocycles. The highest BCUT2D eigenvalue weighted by Crippen LogP contribution is 2.42. The lowest BCUT2D eigenvalue weighted by molar-refractivity contribution is -0.130. The number of fused-ring (bicyclic) bond motifs is 2. The van der Waals surface area contributed by atoms with E-state index in [0.29, 0.717) is 5.92 Å². The third-order valence-corrected chi connectivity index (χ3v) is 6.22. The molecule has 0 aromatic heterocycles. The normalized spacial score (nSPS) is 25.6. The molecule has 2 aliphatic rings. The molecule has 0 bridgehead atoms. The predicted molar refractivity (Wildman–Crippen MR) is 85.3 cm³/mol. The molecule has 0 saturated heterocycles. The van der Waals surface area contributed by atoms with Crippen LogP contribution in [-0.4, -0.2) is 22.7 Å². The first kappa shape index (κ1) is 15.6. The van der Waals surface area contributed by atoms with Gasteiger partial charge in [-0.1, -0.05) is 18.9 Å². The van der Waals surface area contributed by atoms with Crippen molar-refractivity contribution in [2.75, 3.05) is 5.75 Å². The number of rotatable bonds is 2. The zero-order valence-corrected chi connectivity index (χ0v) is 13.5. The van der Waals surface area contributed by atoms with Crippen LogP contribution in [0.3, 0.4) is 0 Å². The van der Waals surface area contributed by atoms with Gasteiger partial charge in [0.2, 0.25) is 0 Å². The number of amides is 1. The van der Waals surface area contributed by atoms with E-state index in [1.165, 1.54) is 6.42 Å². The van der Waals surface area contributed by atoms with E-state index in [1.807, 2.05) is 18.2 Å². The lowest BCUT2D eigenvalue weighted by atomic mass is 9.76. The number of hydrogen-bond donors (Lipinski definition) is 2. The summed E-state index contributed by atoms with van der Waals surface area (Å²) >= 11 is 1.73. The number of hydrogen-bond acceptors (Lipinski definition) is 4. The number of benzene rings is 1. The molecule has 0 spiro atoms. The van der Waals surface area contributed by atoms with Crippen molar-refractivity contribution < 1.29 is 14.8 Å². The second-order valence-corrected chi connectivity index (χ2v) is 7.34. The van der Waals surface area contributed by atoms with Crippen molar-refractivity contribution in [1.82, 2.24) is 5.48 Å². The summed E-state index contributed by atoms with van der Waals surface area (Å²) < 4.78 is 0. The molecule has 3 atom stereocenters. The molecule has 3 unspecified atom stereocenters. The average molecular weight is 319 g/mol. The van der Waals surface area contributed by atoms with Crippen molar-refractivity contribution in [3.63, 3.8) is 0 Å². The first-order valence-corrected chi connectivity index (χ1v) is 8.85. The quantitative estimate of drug-likeness (QED) is 0.648. The first-order chi connectivity index (χ1) is 10.6. The van der Waals surface area contributed by atoms with Crippen LogP contribution in [0.5, 0.6) is 0 Å². The Balaban J connectivity index is 1.92. The summed E-state index contributed by atoms with van der Waals surface area (Å²) in [5.74, 6) is 1.05. The molecule has 4 nitrogen and oxygen atoms in total. The predicted octanol–water partition coefficient (Wildman–Crippen LogP) is 3.39. The highest BCUT2D eigenvalue weighted by Gasteiger charge is 2.35. The topological polar surface area (TPSA) is 66.4 Å². The molecule has 2 N–H and O–H groups in total. The van der Waals surface area contributed by atoms with Crippen molar-refractivity contribution in [2.24, 2.45) is 11.8 Å². The van der Waals surface area contributed by atoms with Crippen LogP contribution in [0.25, 0.3) is 0 Å². The molecule has 1 aliphatic heterocycles. The maximum Gasteiger partial charge on any atom is 0.250 e. The van der Waals surface area contributed by atoms with Crippen LogP contribution < -0.4 is 5.48 Å². The molecule has 1 amide bonds. The van der Waals surface area contributed by atoms with E-state index in [0.717, 1.165) is 41.0 Å². The fraction of sp³-hybridized carbons (Fsp3) is 0.529. The van der Waals surface area contributed by atoms with Crippen LogP contribution in [0.15, 0.2) is 23.1 Å². The number of carbonyl (C=O) groups excluding carboxylic acids is 2. The molecule has 1 aromatic carbocycles. The first-order valence-electron chi connectivity index (χ1n) is 7.86. The van der Waals surface area contributed by atoms with Gasteiger partial charge in [-0.3, -0.25) is 14.8 Å². The SMILES string of the molecule is CC(C(=O)NO)c1ccc2c(c1)SCC1CCCCC1C2=O. The van der Waals surface area contributed by atoms with Crippen molar-refractivity contribution >= 4 is 23.5 Å². The van der Waals surface area contributed by atoms with Gasteiger partial charge in [0.05, 0.1) is 5.92 Å². The monoisotopic (exact) mass is 319 g/mol. The van der Waals surface area contributed by atoms with Gasteiger partial charge in [-0.15, -0.1) is 11.8 Å². The maximum atomic E-state index is 12.8. The van der Waals surface area contributed by atoms with Gasteiger partial charge in [0, 0.05) is 22.1 Å². The van der Waals surface area contributed by atoms with E-state index in [4.69, 9.17) is 5.21 Å². The van der Waals surface area contributed by atoms with Crippen LogP contribution in [0, 0.1) is 11.8 Å². The Labute approximate surface area is 134 Å². The van der Waals surface area contributed by atoms with Gasteiger partial charge < -0.3 is 0 Å². The van der Waals surface area contributed by atoms with Crippen LogP contribution in [0.2, 0.25) is 0 Å². The number of Topliss-reactive ketones (excluding diaryl/α,β-unsaturated/α-hetero) is 1. The summed E-state index contributed by atoms with van der Waals surface area (Å²) in [4.78, 5) is 25.4. The molecule has 1 aromatic rings. The third-order valence-electron chi connectivity index (χ3n) is 4.97. The molecule has 0 radical (unpaired) electrons.